The lowest BCUT2D eigenvalue weighted by atomic mass is 9.72. The van der Waals surface area contributed by atoms with Crippen LogP contribution in [0.25, 0.3) is 0 Å². The average molecular weight is 1410 g/mol. The van der Waals surface area contributed by atoms with E-state index in [4.69, 9.17) is 11.5 Å². The number of imide groups is 4. The van der Waals surface area contributed by atoms with Crippen LogP contribution in [0.3, 0.4) is 0 Å². The van der Waals surface area contributed by atoms with Crippen molar-refractivity contribution in [2.24, 2.45) is 5.73 Å². The van der Waals surface area contributed by atoms with Crippen molar-refractivity contribution in [3.8, 4) is 0 Å². The first kappa shape index (κ1) is 70.0. The molecule has 9 amide bonds. The minimum absolute atomic E-state index is 0.168. The van der Waals surface area contributed by atoms with Gasteiger partial charge in [0, 0.05) is 42.2 Å². The number of carbonyl (C=O) groups is 9. The molecule has 446 valence electrons. The zero-order chi connectivity index (χ0) is 63.3. The van der Waals surface area contributed by atoms with Gasteiger partial charge in [-0.05, 0) is 133 Å². The Balaban J connectivity index is 0.000000228. The summed E-state index contributed by atoms with van der Waals surface area (Å²) in [6, 6.07) is 37.4. The Bertz CT molecular complexity index is 3260. The Hall–Kier alpha value is -7.45. The maximum absolute atomic E-state index is 12.3. The van der Waals surface area contributed by atoms with Crippen molar-refractivity contribution in [1.29, 1.82) is 0 Å². The van der Waals surface area contributed by atoms with E-state index in [1.165, 1.54) is 12.2 Å². The van der Waals surface area contributed by atoms with E-state index in [9.17, 15) is 43.2 Å². The van der Waals surface area contributed by atoms with Gasteiger partial charge < -0.3 is 11.5 Å². The summed E-state index contributed by atoms with van der Waals surface area (Å²) in [6.07, 6.45) is 14.5. The molecule has 1 fully saturated rings. The zero-order valence-electron chi connectivity index (χ0n) is 48.0. The second kappa shape index (κ2) is 31.6. The third kappa shape index (κ3) is 16.7. The van der Waals surface area contributed by atoms with Crippen LogP contribution >= 0.6 is 63.7 Å². The lowest BCUT2D eigenvalue weighted by molar-refractivity contribution is -0.138. The van der Waals surface area contributed by atoms with E-state index >= 15 is 0 Å². The van der Waals surface area contributed by atoms with E-state index in [1.54, 1.807) is 36.4 Å². The number of amides is 9. The summed E-state index contributed by atoms with van der Waals surface area (Å²) in [5.41, 5.74) is 12.4. The molecule has 1 saturated heterocycles. The fraction of sp³-hybridized carbons (Fsp3) is 0.258. The number of benzene rings is 5. The lowest BCUT2D eigenvalue weighted by Gasteiger charge is -2.34. The predicted octanol–water partition coefficient (Wildman–Crippen LogP) is 11.9. The first-order valence-corrected chi connectivity index (χ1v) is 30.4. The van der Waals surface area contributed by atoms with Crippen molar-refractivity contribution in [3.63, 3.8) is 0 Å². The van der Waals surface area contributed by atoms with Gasteiger partial charge in [0.05, 0.1) is 27.1 Å². The van der Waals surface area contributed by atoms with Gasteiger partial charge in [-0.2, -0.15) is 0 Å². The molecular weight excluding hydrogens is 1340 g/mol. The van der Waals surface area contributed by atoms with E-state index in [0.717, 1.165) is 51.8 Å². The molecule has 0 unspecified atom stereocenters. The number of nitrogen functional groups attached to an aromatic ring is 1. The monoisotopic (exact) mass is 1410 g/mol. The molecular formula is C66H70Br4N6O9. The Kier molecular flexibility index (Phi) is 26.1. The van der Waals surface area contributed by atoms with Crippen LogP contribution in [0.5, 0.6) is 0 Å². The van der Waals surface area contributed by atoms with Crippen LogP contribution in [0.2, 0.25) is 0 Å². The Morgan fingerprint density at radius 2 is 0.918 bits per heavy atom. The Labute approximate surface area is 530 Å². The second-order valence-corrected chi connectivity index (χ2v) is 23.5. The number of piperidine rings is 1. The Morgan fingerprint density at radius 3 is 1.25 bits per heavy atom. The van der Waals surface area contributed by atoms with E-state index in [1.807, 2.05) is 144 Å². The normalized spacial score (nSPS) is 19.8. The summed E-state index contributed by atoms with van der Waals surface area (Å²) in [5, 5.41) is 9.45. The maximum atomic E-state index is 12.3. The summed E-state index contributed by atoms with van der Waals surface area (Å²) < 4.78 is 3.85. The van der Waals surface area contributed by atoms with Crippen molar-refractivity contribution in [2.45, 2.75) is 107 Å². The van der Waals surface area contributed by atoms with Crippen LogP contribution in [0, 0.1) is 0 Å². The molecule has 3 heterocycles. The topological polar surface area (TPSA) is 254 Å². The minimum atomic E-state index is -0.917. The lowest BCUT2D eigenvalue weighted by Crippen LogP contribution is -2.51. The minimum Gasteiger partial charge on any atom is -0.399 e. The van der Waals surface area contributed by atoms with Crippen molar-refractivity contribution in [1.82, 2.24) is 21.3 Å². The molecule has 0 bridgehead atoms. The van der Waals surface area contributed by atoms with E-state index in [-0.39, 0.29) is 41.4 Å². The van der Waals surface area contributed by atoms with E-state index in [2.05, 4.69) is 105 Å². The fourth-order valence-electron chi connectivity index (χ4n) is 9.90. The molecule has 85 heavy (non-hydrogen) atoms. The summed E-state index contributed by atoms with van der Waals surface area (Å²) in [4.78, 5) is 105. The summed E-state index contributed by atoms with van der Waals surface area (Å²) in [7, 11) is 0. The van der Waals surface area contributed by atoms with Gasteiger partial charge in [-0.3, -0.25) is 64.4 Å². The highest BCUT2D eigenvalue weighted by molar-refractivity contribution is 9.11. The standard InChI is InChI=1S/C15H16BrNO2.C13H14BrNO2.C13H12BrNO2.C13H14N2O2.C12H14BrNO/c1-4-13(18)17-14(19)15(5-2,6-3)11-7-9-12(16)10-8-11;3*1-2-13(8-7-11(16)15-12(13)17)9-3-5-10(14)6-4-9;1-3-12(4-2,11(14)15)9-5-7-10(13)8-6-9/h4-5,7-10H,1-2,6H2,3H3,(H,17,18,19);3-6H,2,7-8H2,1H3,(H,15,16,17);3-8H,2H2,1H3,(H,15,16,17);3-8H,2,14H2,1H3,(H,15,16,17);3,5-8H,1,4H2,2H3,(H2,14,15)/t15-;3*13-;12-/m11111/s1. The molecule has 3 aliphatic rings. The maximum Gasteiger partial charge on any atom is 0.250 e. The average Bonchev–Trinajstić information content (AvgIpc) is 3.64. The van der Waals surface area contributed by atoms with Crippen LogP contribution in [0.1, 0.15) is 107 Å². The third-order valence-corrected chi connectivity index (χ3v) is 17.6. The largest absolute Gasteiger partial charge is 0.399 e. The highest BCUT2D eigenvalue weighted by Crippen LogP contribution is 2.38. The molecule has 8 rings (SSSR count). The summed E-state index contributed by atoms with van der Waals surface area (Å²) >= 11 is 13.4. The van der Waals surface area contributed by atoms with Crippen molar-refractivity contribution < 1.29 is 43.2 Å². The molecule has 15 nitrogen and oxygen atoms in total. The predicted molar refractivity (Wildman–Crippen MR) is 347 cm³/mol. The molecule has 0 radical (unpaired) electrons. The number of hydrogen-bond acceptors (Lipinski definition) is 10. The van der Waals surface area contributed by atoms with Gasteiger partial charge in [0.1, 0.15) is 0 Å². The van der Waals surface area contributed by atoms with Crippen molar-refractivity contribution in [2.75, 3.05) is 5.73 Å². The number of primary amides is 1. The number of nitrogens with one attached hydrogen (secondary N) is 4. The van der Waals surface area contributed by atoms with Gasteiger partial charge in [-0.1, -0.05) is 190 Å². The van der Waals surface area contributed by atoms with Gasteiger partial charge in [0.15, 0.2) is 0 Å². The van der Waals surface area contributed by atoms with Crippen molar-refractivity contribution >= 4 is 123 Å². The number of halogens is 4. The molecule has 0 aromatic heterocycles. The van der Waals surface area contributed by atoms with Gasteiger partial charge >= 0.3 is 0 Å². The first-order chi connectivity index (χ1) is 40.3. The highest BCUT2D eigenvalue weighted by atomic mass is 79.9. The number of rotatable bonds is 15. The molecule has 5 atom stereocenters. The molecule has 5 aromatic rings. The fourth-order valence-corrected chi connectivity index (χ4v) is 11.0. The smallest absolute Gasteiger partial charge is 0.250 e. The summed E-state index contributed by atoms with van der Waals surface area (Å²) in [6.45, 7) is 20.4. The number of nitrogens with two attached hydrogens (primary N) is 2. The van der Waals surface area contributed by atoms with Crippen LogP contribution in [-0.4, -0.2) is 53.2 Å². The molecule has 0 aliphatic carbocycles. The first-order valence-electron chi connectivity index (χ1n) is 27.2. The zero-order valence-corrected chi connectivity index (χ0v) is 54.3. The second-order valence-electron chi connectivity index (χ2n) is 19.9. The van der Waals surface area contributed by atoms with Gasteiger partial charge in [0.2, 0.25) is 53.2 Å². The molecule has 0 spiro atoms. The molecule has 0 saturated carbocycles. The van der Waals surface area contributed by atoms with Crippen LogP contribution in [-0.2, 0) is 70.2 Å². The van der Waals surface area contributed by atoms with Crippen molar-refractivity contribution in [3.05, 3.63) is 229 Å². The van der Waals surface area contributed by atoms with E-state index in [0.29, 0.717) is 50.6 Å². The summed E-state index contributed by atoms with van der Waals surface area (Å²) in [5.74, 6) is -2.85. The third-order valence-electron chi connectivity index (χ3n) is 15.5. The number of carbonyl (C=O) groups excluding carboxylic acids is 9. The van der Waals surface area contributed by atoms with Gasteiger partial charge in [-0.25, -0.2) is 0 Å². The van der Waals surface area contributed by atoms with E-state index < -0.39 is 38.9 Å². The molecule has 19 heteroatoms. The quantitative estimate of drug-likeness (QED) is 0.0250. The van der Waals surface area contributed by atoms with Crippen LogP contribution in [0.15, 0.2) is 201 Å². The molecule has 8 N–H and O–H groups in total. The molecule has 3 aliphatic heterocycles. The molecule has 5 aromatic carbocycles. The van der Waals surface area contributed by atoms with Crippen LogP contribution < -0.4 is 32.7 Å². The SMILES string of the molecule is C=CC(=O)NC(=O)[C@](C=C)(CC)c1ccc(Br)cc1.C=C[C@](CC)(C(N)=O)c1ccc(Br)cc1.CC[C@]1(c2ccc(Br)cc2)C=CC(=O)NC1=O.CC[C@]1(c2ccc(Br)cc2)CCC(=O)NC1=O.CC[C@]1(c2ccc(N)cc2)C=CC(=O)NC1=O. The highest BCUT2D eigenvalue weighted by Gasteiger charge is 2.44. The Morgan fingerprint density at radius 1 is 0.541 bits per heavy atom. The van der Waals surface area contributed by atoms with Crippen LogP contribution in [0.4, 0.5) is 5.69 Å². The number of hydrogen-bond donors (Lipinski definition) is 6. The van der Waals surface area contributed by atoms with Gasteiger partial charge in [-0.15, -0.1) is 13.2 Å². The van der Waals surface area contributed by atoms with Gasteiger partial charge in [0.25, 0.3) is 0 Å². The number of anilines is 1.